The molecule has 0 heterocycles. The maximum Gasteiger partial charge on any atom is 0.140 e. The fourth-order valence-corrected chi connectivity index (χ4v) is 1.40. The Kier molecular flexibility index (Phi) is 3.84. The third kappa shape index (κ3) is 2.67. The van der Waals surface area contributed by atoms with Crippen LogP contribution in [0.25, 0.3) is 0 Å². The molecule has 0 aliphatic heterocycles. The number of Topliss-reactive ketones (excluding diaryl/α,β-unsaturated/α-hetero) is 1. The molecule has 1 atom stereocenters. The van der Waals surface area contributed by atoms with Gasteiger partial charge in [0.05, 0.1) is 5.92 Å². The molecular formula is C11H11ClO2. The normalized spacial score (nSPS) is 12.1. The van der Waals surface area contributed by atoms with Gasteiger partial charge in [0, 0.05) is 5.02 Å². The number of benzene rings is 1. The van der Waals surface area contributed by atoms with Crippen LogP contribution in [-0.2, 0) is 16.0 Å². The molecule has 0 amide bonds. The fraction of sp³-hybridized carbons (Fsp3) is 0.273. The molecule has 0 saturated carbocycles. The number of ketones is 1. The van der Waals surface area contributed by atoms with Crippen molar-refractivity contribution < 1.29 is 9.59 Å². The summed E-state index contributed by atoms with van der Waals surface area (Å²) in [5, 5.41) is 0.598. The van der Waals surface area contributed by atoms with Gasteiger partial charge in [-0.15, -0.1) is 0 Å². The van der Waals surface area contributed by atoms with E-state index in [9.17, 15) is 9.59 Å². The molecule has 0 N–H and O–H groups in total. The van der Waals surface area contributed by atoms with Gasteiger partial charge >= 0.3 is 0 Å². The Hall–Kier alpha value is -1.15. The molecule has 74 valence electrons. The van der Waals surface area contributed by atoms with E-state index in [2.05, 4.69) is 0 Å². The van der Waals surface area contributed by atoms with E-state index in [1.54, 1.807) is 6.07 Å². The highest BCUT2D eigenvalue weighted by Gasteiger charge is 2.14. The van der Waals surface area contributed by atoms with Crippen molar-refractivity contribution in [1.29, 1.82) is 0 Å². The first-order valence-electron chi connectivity index (χ1n) is 4.34. The molecular weight excluding hydrogens is 200 g/mol. The van der Waals surface area contributed by atoms with Crippen LogP contribution in [0.1, 0.15) is 12.5 Å². The second-order valence-corrected chi connectivity index (χ2v) is 3.56. The van der Waals surface area contributed by atoms with Crippen LogP contribution in [0, 0.1) is 5.92 Å². The van der Waals surface area contributed by atoms with Gasteiger partial charge in [0.1, 0.15) is 12.1 Å². The minimum atomic E-state index is -0.574. The van der Waals surface area contributed by atoms with E-state index in [0.29, 0.717) is 17.7 Å². The van der Waals surface area contributed by atoms with Crippen molar-refractivity contribution in [1.82, 2.24) is 0 Å². The van der Waals surface area contributed by atoms with Crippen molar-refractivity contribution >= 4 is 23.7 Å². The topological polar surface area (TPSA) is 34.1 Å². The smallest absolute Gasteiger partial charge is 0.140 e. The maximum atomic E-state index is 11.0. The van der Waals surface area contributed by atoms with Crippen molar-refractivity contribution in [3.8, 4) is 0 Å². The van der Waals surface area contributed by atoms with Crippen molar-refractivity contribution in [3.05, 3.63) is 34.9 Å². The fourth-order valence-electron chi connectivity index (χ4n) is 1.19. The molecule has 0 radical (unpaired) electrons. The van der Waals surface area contributed by atoms with Crippen molar-refractivity contribution in [2.75, 3.05) is 0 Å². The van der Waals surface area contributed by atoms with Crippen molar-refractivity contribution in [3.63, 3.8) is 0 Å². The summed E-state index contributed by atoms with van der Waals surface area (Å²) >= 11 is 5.90. The monoisotopic (exact) mass is 210 g/mol. The van der Waals surface area contributed by atoms with Gasteiger partial charge in [0.15, 0.2) is 0 Å². The van der Waals surface area contributed by atoms with E-state index in [-0.39, 0.29) is 5.78 Å². The molecule has 0 spiro atoms. The third-order valence-corrected chi connectivity index (χ3v) is 2.45. The summed E-state index contributed by atoms with van der Waals surface area (Å²) in [4.78, 5) is 21.6. The summed E-state index contributed by atoms with van der Waals surface area (Å²) in [6, 6.07) is 7.22. The first-order valence-corrected chi connectivity index (χ1v) is 4.72. The third-order valence-electron chi connectivity index (χ3n) is 2.08. The summed E-state index contributed by atoms with van der Waals surface area (Å²) in [6.45, 7) is 1.41. The van der Waals surface area contributed by atoms with Crippen LogP contribution in [-0.4, -0.2) is 12.1 Å². The van der Waals surface area contributed by atoms with Gasteiger partial charge in [-0.25, -0.2) is 0 Å². The van der Waals surface area contributed by atoms with E-state index < -0.39 is 5.92 Å². The number of hydrogen-bond acceptors (Lipinski definition) is 2. The van der Waals surface area contributed by atoms with Gasteiger partial charge in [-0.2, -0.15) is 0 Å². The van der Waals surface area contributed by atoms with Crippen LogP contribution in [0.15, 0.2) is 24.3 Å². The molecule has 14 heavy (non-hydrogen) atoms. The Bertz CT molecular complexity index is 347. The van der Waals surface area contributed by atoms with Gasteiger partial charge in [0.2, 0.25) is 0 Å². The predicted molar refractivity (Wildman–Crippen MR) is 55.4 cm³/mol. The molecule has 0 fully saturated rings. The summed E-state index contributed by atoms with van der Waals surface area (Å²) < 4.78 is 0. The minimum absolute atomic E-state index is 0.125. The summed E-state index contributed by atoms with van der Waals surface area (Å²) in [6.07, 6.45) is 1.06. The highest BCUT2D eigenvalue weighted by atomic mass is 35.5. The van der Waals surface area contributed by atoms with E-state index in [0.717, 1.165) is 5.56 Å². The summed E-state index contributed by atoms with van der Waals surface area (Å²) in [7, 11) is 0. The van der Waals surface area contributed by atoms with Crippen LogP contribution in [0.2, 0.25) is 5.02 Å². The first-order chi connectivity index (χ1) is 6.65. The molecule has 2 nitrogen and oxygen atoms in total. The number of aldehydes is 1. The maximum absolute atomic E-state index is 11.0. The second-order valence-electron chi connectivity index (χ2n) is 3.15. The zero-order valence-corrected chi connectivity index (χ0v) is 8.62. The number of carbonyl (C=O) groups is 2. The minimum Gasteiger partial charge on any atom is -0.303 e. The SMILES string of the molecule is CC(=O)[C@H](C=O)Cc1ccccc1Cl. The molecule has 3 heteroatoms. The molecule has 0 saturated heterocycles. The highest BCUT2D eigenvalue weighted by molar-refractivity contribution is 6.31. The quantitative estimate of drug-likeness (QED) is 0.565. The zero-order chi connectivity index (χ0) is 10.6. The van der Waals surface area contributed by atoms with Gasteiger partial charge < -0.3 is 4.79 Å². The Morgan fingerprint density at radius 2 is 2.14 bits per heavy atom. The second kappa shape index (κ2) is 4.91. The number of rotatable bonds is 4. The van der Waals surface area contributed by atoms with Crippen LogP contribution < -0.4 is 0 Å². The number of halogens is 1. The molecule has 1 rings (SSSR count). The molecule has 0 unspecified atom stereocenters. The Labute approximate surface area is 87.9 Å². The van der Waals surface area contributed by atoms with Crippen LogP contribution in [0.3, 0.4) is 0 Å². The number of carbonyl (C=O) groups excluding carboxylic acids is 2. The molecule has 1 aromatic carbocycles. The average Bonchev–Trinajstić information content (AvgIpc) is 2.16. The lowest BCUT2D eigenvalue weighted by Crippen LogP contribution is -2.15. The Morgan fingerprint density at radius 1 is 1.50 bits per heavy atom. The predicted octanol–water partition coefficient (Wildman–Crippen LogP) is 2.29. The van der Waals surface area contributed by atoms with Crippen molar-refractivity contribution in [2.24, 2.45) is 5.92 Å². The van der Waals surface area contributed by atoms with Crippen LogP contribution in [0.5, 0.6) is 0 Å². The number of hydrogen-bond donors (Lipinski definition) is 0. The lowest BCUT2D eigenvalue weighted by Gasteiger charge is -2.07. The van der Waals surface area contributed by atoms with Gasteiger partial charge in [-0.1, -0.05) is 29.8 Å². The Morgan fingerprint density at radius 3 is 2.64 bits per heavy atom. The molecule has 0 aromatic heterocycles. The van der Waals surface area contributed by atoms with E-state index in [1.807, 2.05) is 18.2 Å². The molecule has 1 aromatic rings. The molecule has 0 bridgehead atoms. The summed E-state index contributed by atoms with van der Waals surface area (Å²) in [5.74, 6) is -0.699. The zero-order valence-electron chi connectivity index (χ0n) is 7.87. The van der Waals surface area contributed by atoms with Gasteiger partial charge in [-0.3, -0.25) is 4.79 Å². The van der Waals surface area contributed by atoms with E-state index >= 15 is 0 Å². The van der Waals surface area contributed by atoms with Crippen LogP contribution in [0.4, 0.5) is 0 Å². The highest BCUT2D eigenvalue weighted by Crippen LogP contribution is 2.18. The lowest BCUT2D eigenvalue weighted by atomic mass is 9.97. The molecule has 0 aliphatic rings. The standard InChI is InChI=1S/C11H11ClO2/c1-8(14)10(7-13)6-9-4-2-3-5-11(9)12/h2-5,7,10H,6H2,1H3/t10-/m0/s1. The van der Waals surface area contributed by atoms with Gasteiger partial charge in [-0.05, 0) is 25.0 Å². The molecule has 0 aliphatic carbocycles. The van der Waals surface area contributed by atoms with E-state index in [4.69, 9.17) is 11.6 Å². The van der Waals surface area contributed by atoms with Crippen molar-refractivity contribution in [2.45, 2.75) is 13.3 Å². The largest absolute Gasteiger partial charge is 0.303 e. The van der Waals surface area contributed by atoms with Gasteiger partial charge in [0.25, 0.3) is 0 Å². The van der Waals surface area contributed by atoms with E-state index in [1.165, 1.54) is 6.92 Å². The first kappa shape index (κ1) is 10.9. The lowest BCUT2D eigenvalue weighted by molar-refractivity contribution is -0.125. The average molecular weight is 211 g/mol. The summed E-state index contributed by atoms with van der Waals surface area (Å²) in [5.41, 5.74) is 0.835. The van der Waals surface area contributed by atoms with Crippen LogP contribution >= 0.6 is 11.6 Å². The Balaban J connectivity index is 2.82.